The van der Waals surface area contributed by atoms with Gasteiger partial charge in [0.05, 0.1) is 6.54 Å². The minimum atomic E-state index is -0.391. The van der Waals surface area contributed by atoms with Crippen LogP contribution in [0.25, 0.3) is 0 Å². The molecule has 0 spiro atoms. The third-order valence-electron chi connectivity index (χ3n) is 4.36. The summed E-state index contributed by atoms with van der Waals surface area (Å²) in [7, 11) is 1.86. The molecule has 0 saturated carbocycles. The molecule has 0 aliphatic rings. The van der Waals surface area contributed by atoms with Gasteiger partial charge in [-0.05, 0) is 54.1 Å². The highest BCUT2D eigenvalue weighted by Gasteiger charge is 2.09. The molecule has 0 aliphatic carbocycles. The van der Waals surface area contributed by atoms with Crippen LogP contribution in [0.1, 0.15) is 15.9 Å². The second-order valence-electron chi connectivity index (χ2n) is 6.63. The van der Waals surface area contributed by atoms with Gasteiger partial charge >= 0.3 is 0 Å². The molecule has 2 amide bonds. The van der Waals surface area contributed by atoms with E-state index in [0.29, 0.717) is 17.8 Å². The van der Waals surface area contributed by atoms with Crippen LogP contribution in [0.4, 0.5) is 15.8 Å². The monoisotopic (exact) mass is 391 g/mol. The summed E-state index contributed by atoms with van der Waals surface area (Å²) in [6.45, 7) is 0.590. The number of carbonyl (C=O) groups excluding carboxylic acids is 2. The van der Waals surface area contributed by atoms with E-state index in [0.717, 1.165) is 11.3 Å². The van der Waals surface area contributed by atoms with Crippen molar-refractivity contribution < 1.29 is 14.0 Å². The normalized spacial score (nSPS) is 10.3. The van der Waals surface area contributed by atoms with Crippen molar-refractivity contribution in [3.63, 3.8) is 0 Å². The first-order chi connectivity index (χ1) is 14.0. The van der Waals surface area contributed by atoms with E-state index in [9.17, 15) is 14.0 Å². The zero-order chi connectivity index (χ0) is 20.6. The number of nitrogens with zero attached hydrogens (tertiary/aromatic N) is 1. The molecule has 6 heteroatoms. The molecular weight excluding hydrogens is 369 g/mol. The SMILES string of the molecule is CN(CC(=O)NCc1cccc(NC(=O)c2ccc(F)cc2)c1)c1ccccc1. The van der Waals surface area contributed by atoms with Gasteiger partial charge in [0.2, 0.25) is 5.91 Å². The van der Waals surface area contributed by atoms with Crippen LogP contribution < -0.4 is 15.5 Å². The number of anilines is 2. The highest BCUT2D eigenvalue weighted by Crippen LogP contribution is 2.13. The molecule has 0 radical (unpaired) electrons. The van der Waals surface area contributed by atoms with Gasteiger partial charge < -0.3 is 15.5 Å². The van der Waals surface area contributed by atoms with Crippen molar-refractivity contribution in [3.05, 3.63) is 95.8 Å². The van der Waals surface area contributed by atoms with Gasteiger partial charge in [-0.1, -0.05) is 30.3 Å². The second kappa shape index (κ2) is 9.50. The summed E-state index contributed by atoms with van der Waals surface area (Å²) >= 11 is 0. The van der Waals surface area contributed by atoms with E-state index in [1.807, 2.05) is 48.3 Å². The molecule has 5 nitrogen and oxygen atoms in total. The number of amides is 2. The first-order valence-corrected chi connectivity index (χ1v) is 9.20. The highest BCUT2D eigenvalue weighted by atomic mass is 19.1. The molecule has 0 heterocycles. The number of rotatable bonds is 7. The summed E-state index contributed by atoms with van der Waals surface area (Å²) < 4.78 is 13.0. The van der Waals surface area contributed by atoms with Crippen LogP contribution in [0.3, 0.4) is 0 Å². The van der Waals surface area contributed by atoms with Gasteiger partial charge in [-0.25, -0.2) is 4.39 Å². The number of hydrogen-bond donors (Lipinski definition) is 2. The van der Waals surface area contributed by atoms with Crippen LogP contribution in [-0.4, -0.2) is 25.4 Å². The van der Waals surface area contributed by atoms with Crippen LogP contribution in [0.5, 0.6) is 0 Å². The topological polar surface area (TPSA) is 61.4 Å². The lowest BCUT2D eigenvalue weighted by Crippen LogP contribution is -2.34. The van der Waals surface area contributed by atoms with Crippen molar-refractivity contribution in [3.8, 4) is 0 Å². The van der Waals surface area contributed by atoms with Gasteiger partial charge in [-0.15, -0.1) is 0 Å². The summed E-state index contributed by atoms with van der Waals surface area (Å²) in [4.78, 5) is 26.3. The molecule has 0 aromatic heterocycles. The Morgan fingerprint density at radius 2 is 1.66 bits per heavy atom. The molecule has 148 valence electrons. The molecule has 0 unspecified atom stereocenters. The van der Waals surface area contributed by atoms with Crippen LogP contribution in [0.15, 0.2) is 78.9 Å². The maximum absolute atomic E-state index is 13.0. The molecule has 29 heavy (non-hydrogen) atoms. The quantitative estimate of drug-likeness (QED) is 0.644. The number of carbonyl (C=O) groups is 2. The Labute approximate surface area is 169 Å². The second-order valence-corrected chi connectivity index (χ2v) is 6.63. The van der Waals surface area contributed by atoms with Crippen molar-refractivity contribution in [2.24, 2.45) is 0 Å². The van der Waals surface area contributed by atoms with E-state index in [2.05, 4.69) is 10.6 Å². The zero-order valence-electron chi connectivity index (χ0n) is 16.1. The average molecular weight is 391 g/mol. The molecule has 0 saturated heterocycles. The van der Waals surface area contributed by atoms with Crippen molar-refractivity contribution in [1.82, 2.24) is 5.32 Å². The molecule has 0 fully saturated rings. The van der Waals surface area contributed by atoms with E-state index >= 15 is 0 Å². The lowest BCUT2D eigenvalue weighted by atomic mass is 10.1. The van der Waals surface area contributed by atoms with Crippen molar-refractivity contribution in [2.75, 3.05) is 23.8 Å². The van der Waals surface area contributed by atoms with Gasteiger partial charge in [0.25, 0.3) is 5.91 Å². The average Bonchev–Trinajstić information content (AvgIpc) is 2.73. The smallest absolute Gasteiger partial charge is 0.255 e. The third kappa shape index (κ3) is 5.90. The lowest BCUT2D eigenvalue weighted by molar-refractivity contribution is -0.119. The van der Waals surface area contributed by atoms with Gasteiger partial charge in [0.15, 0.2) is 0 Å². The molecule has 0 aliphatic heterocycles. The Bertz CT molecular complexity index is 975. The number of hydrogen-bond acceptors (Lipinski definition) is 3. The minimum Gasteiger partial charge on any atom is -0.365 e. The third-order valence-corrected chi connectivity index (χ3v) is 4.36. The maximum Gasteiger partial charge on any atom is 0.255 e. The van der Waals surface area contributed by atoms with Crippen molar-refractivity contribution in [1.29, 1.82) is 0 Å². The number of benzene rings is 3. The molecule has 0 atom stereocenters. The molecule has 3 rings (SSSR count). The highest BCUT2D eigenvalue weighted by molar-refractivity contribution is 6.04. The van der Waals surface area contributed by atoms with E-state index in [1.165, 1.54) is 24.3 Å². The maximum atomic E-state index is 13.0. The fraction of sp³-hybridized carbons (Fsp3) is 0.130. The Hall–Kier alpha value is -3.67. The minimum absolute atomic E-state index is 0.0999. The van der Waals surface area contributed by atoms with Gasteiger partial charge in [0, 0.05) is 30.5 Å². The summed E-state index contributed by atoms with van der Waals surface area (Å²) in [5.41, 5.74) is 2.80. The Kier molecular flexibility index (Phi) is 6.58. The Balaban J connectivity index is 1.53. The van der Waals surface area contributed by atoms with E-state index in [-0.39, 0.29) is 18.4 Å². The largest absolute Gasteiger partial charge is 0.365 e. The summed E-state index contributed by atoms with van der Waals surface area (Å²) in [5, 5.41) is 5.66. The summed E-state index contributed by atoms with van der Waals surface area (Å²) in [6.07, 6.45) is 0. The molecular formula is C23H22FN3O2. The fourth-order valence-electron chi connectivity index (χ4n) is 2.81. The Morgan fingerprint density at radius 1 is 0.931 bits per heavy atom. The number of halogens is 1. The van der Waals surface area contributed by atoms with E-state index in [1.54, 1.807) is 18.2 Å². The van der Waals surface area contributed by atoms with Crippen LogP contribution in [-0.2, 0) is 11.3 Å². The predicted octanol–water partition coefficient (Wildman–Crippen LogP) is 3.83. The standard InChI is InChI=1S/C23H22FN3O2/c1-27(21-8-3-2-4-9-21)16-22(28)25-15-17-6-5-7-20(14-17)26-23(29)18-10-12-19(24)13-11-18/h2-14H,15-16H2,1H3,(H,25,28)(H,26,29). The van der Waals surface area contributed by atoms with Gasteiger partial charge in [0.1, 0.15) is 5.82 Å². The first kappa shape index (κ1) is 20.1. The summed E-state index contributed by atoms with van der Waals surface area (Å²) in [5.74, 6) is -0.815. The number of para-hydroxylation sites is 1. The Morgan fingerprint density at radius 3 is 2.38 bits per heavy atom. The molecule has 3 aromatic rings. The number of likely N-dealkylation sites (N-methyl/N-ethyl adjacent to an activating group) is 1. The molecule has 3 aromatic carbocycles. The fourth-order valence-corrected chi connectivity index (χ4v) is 2.81. The van der Waals surface area contributed by atoms with Gasteiger partial charge in [-0.2, -0.15) is 0 Å². The summed E-state index contributed by atoms with van der Waals surface area (Å²) in [6, 6.07) is 22.2. The predicted molar refractivity (Wildman–Crippen MR) is 112 cm³/mol. The lowest BCUT2D eigenvalue weighted by Gasteiger charge is -2.18. The molecule has 0 bridgehead atoms. The van der Waals surface area contributed by atoms with E-state index in [4.69, 9.17) is 0 Å². The van der Waals surface area contributed by atoms with Gasteiger partial charge in [-0.3, -0.25) is 9.59 Å². The van der Waals surface area contributed by atoms with Crippen LogP contribution in [0.2, 0.25) is 0 Å². The molecule has 2 N–H and O–H groups in total. The van der Waals surface area contributed by atoms with E-state index < -0.39 is 5.82 Å². The van der Waals surface area contributed by atoms with Crippen molar-refractivity contribution in [2.45, 2.75) is 6.54 Å². The van der Waals surface area contributed by atoms with Crippen molar-refractivity contribution >= 4 is 23.2 Å². The van der Waals surface area contributed by atoms with Crippen LogP contribution in [0, 0.1) is 5.82 Å². The zero-order valence-corrected chi connectivity index (χ0v) is 16.1. The first-order valence-electron chi connectivity index (χ1n) is 9.20. The van der Waals surface area contributed by atoms with Crippen LogP contribution >= 0.6 is 0 Å². The number of nitrogens with one attached hydrogen (secondary N) is 2.